The van der Waals surface area contributed by atoms with Crippen LogP contribution < -0.4 is 10.6 Å². The zero-order chi connectivity index (χ0) is 14.3. The summed E-state index contributed by atoms with van der Waals surface area (Å²) in [4.78, 5) is 0. The molecule has 0 atom stereocenters. The van der Waals surface area contributed by atoms with E-state index in [2.05, 4.69) is 66.7 Å². The molecule has 0 aromatic heterocycles. The first-order valence-electron chi connectivity index (χ1n) is 7.63. The van der Waals surface area contributed by atoms with Gasteiger partial charge < -0.3 is 4.74 Å². The van der Waals surface area contributed by atoms with Crippen molar-refractivity contribution in [3.05, 3.63) is 72.5 Å². The molecule has 1 aliphatic rings. The van der Waals surface area contributed by atoms with Gasteiger partial charge in [0.05, 0.1) is 12.4 Å². The smallest absolute Gasteiger partial charge is 0.0923 e. The third-order valence-corrected chi connectivity index (χ3v) is 6.13. The maximum Gasteiger partial charge on any atom is 0.0923 e. The van der Waals surface area contributed by atoms with Crippen LogP contribution in [0.2, 0.25) is 0 Å². The zero-order valence-corrected chi connectivity index (χ0v) is 13.1. The van der Waals surface area contributed by atoms with Gasteiger partial charge in [0.15, 0.2) is 0 Å². The van der Waals surface area contributed by atoms with E-state index in [4.69, 9.17) is 4.74 Å². The molecule has 108 valence electrons. The maximum absolute atomic E-state index is 5.77. The Morgan fingerprint density at radius 2 is 1.48 bits per heavy atom. The van der Waals surface area contributed by atoms with Gasteiger partial charge >= 0.3 is 0 Å². The molecule has 1 heterocycles. The normalized spacial score (nSPS) is 16.9. The molecule has 0 aliphatic carbocycles. The van der Waals surface area contributed by atoms with Crippen molar-refractivity contribution in [1.82, 2.24) is 0 Å². The van der Waals surface area contributed by atoms with Crippen molar-refractivity contribution >= 4 is 18.5 Å². The Morgan fingerprint density at radius 3 is 2.00 bits per heavy atom. The monoisotopic (exact) mass is 296 g/mol. The van der Waals surface area contributed by atoms with Gasteiger partial charge in [-0.2, -0.15) is 0 Å². The fourth-order valence-electron chi connectivity index (χ4n) is 2.61. The maximum atomic E-state index is 5.77. The standard InChI is InChI=1S/C19H21OP/c1-3-10-18(11-4-1)21(19-12-5-2-6-13-19)16-14-17-9-7-8-15-20-17/h1-6,10-14H,7-9,15-16H2. The average molecular weight is 296 g/mol. The Hall–Kier alpha value is -1.59. The van der Waals surface area contributed by atoms with Crippen molar-refractivity contribution < 1.29 is 4.74 Å². The zero-order valence-electron chi connectivity index (χ0n) is 12.2. The average Bonchev–Trinajstić information content (AvgIpc) is 2.58. The van der Waals surface area contributed by atoms with Gasteiger partial charge in [-0.15, -0.1) is 0 Å². The molecule has 21 heavy (non-hydrogen) atoms. The van der Waals surface area contributed by atoms with E-state index in [0.717, 1.165) is 19.2 Å². The Kier molecular flexibility index (Phi) is 5.08. The van der Waals surface area contributed by atoms with Crippen molar-refractivity contribution in [1.29, 1.82) is 0 Å². The molecule has 2 aromatic carbocycles. The number of hydrogen-bond donors (Lipinski definition) is 0. The lowest BCUT2D eigenvalue weighted by molar-refractivity contribution is 0.166. The van der Waals surface area contributed by atoms with Crippen LogP contribution in [0.3, 0.4) is 0 Å². The van der Waals surface area contributed by atoms with Crippen LogP contribution >= 0.6 is 7.92 Å². The minimum Gasteiger partial charge on any atom is -0.498 e. The second-order valence-electron chi connectivity index (χ2n) is 5.26. The molecule has 0 bridgehead atoms. The lowest BCUT2D eigenvalue weighted by Gasteiger charge is -2.20. The van der Waals surface area contributed by atoms with Crippen molar-refractivity contribution in [3.63, 3.8) is 0 Å². The minimum atomic E-state index is -0.332. The van der Waals surface area contributed by atoms with E-state index in [1.54, 1.807) is 0 Å². The van der Waals surface area contributed by atoms with E-state index in [1.807, 2.05) is 0 Å². The number of allylic oxidation sites excluding steroid dienone is 2. The van der Waals surface area contributed by atoms with Gasteiger partial charge in [-0.3, -0.25) is 0 Å². The number of ether oxygens (including phenoxy) is 1. The second kappa shape index (κ2) is 7.43. The highest BCUT2D eigenvalue weighted by atomic mass is 31.1. The molecule has 0 radical (unpaired) electrons. The van der Waals surface area contributed by atoms with E-state index >= 15 is 0 Å². The number of hydrogen-bond acceptors (Lipinski definition) is 1. The van der Waals surface area contributed by atoms with Crippen LogP contribution in [0.15, 0.2) is 72.5 Å². The van der Waals surface area contributed by atoms with Crippen LogP contribution in [0.25, 0.3) is 0 Å². The van der Waals surface area contributed by atoms with Crippen LogP contribution in [0.4, 0.5) is 0 Å². The van der Waals surface area contributed by atoms with Gasteiger partial charge in [-0.05, 0) is 43.6 Å². The fourth-order valence-corrected chi connectivity index (χ4v) is 4.78. The van der Waals surface area contributed by atoms with Crippen molar-refractivity contribution in [2.45, 2.75) is 19.3 Å². The third-order valence-electron chi connectivity index (χ3n) is 3.74. The minimum absolute atomic E-state index is 0.332. The van der Waals surface area contributed by atoms with E-state index in [1.165, 1.54) is 29.2 Å². The topological polar surface area (TPSA) is 9.23 Å². The molecule has 0 amide bonds. The summed E-state index contributed by atoms with van der Waals surface area (Å²) in [7, 11) is -0.332. The summed E-state index contributed by atoms with van der Waals surface area (Å²) in [6, 6.07) is 21.7. The summed E-state index contributed by atoms with van der Waals surface area (Å²) < 4.78 is 5.77. The first-order valence-corrected chi connectivity index (χ1v) is 9.15. The molecular weight excluding hydrogens is 275 g/mol. The van der Waals surface area contributed by atoms with E-state index in [0.29, 0.717) is 0 Å². The molecule has 3 rings (SSSR count). The molecule has 1 aliphatic heterocycles. The lowest BCUT2D eigenvalue weighted by Crippen LogP contribution is -2.13. The Morgan fingerprint density at radius 1 is 0.857 bits per heavy atom. The van der Waals surface area contributed by atoms with Gasteiger partial charge in [0.25, 0.3) is 0 Å². The molecular formula is C19H21OP. The van der Waals surface area contributed by atoms with Crippen LogP contribution in [0.5, 0.6) is 0 Å². The Bertz CT molecular complexity index is 530. The van der Waals surface area contributed by atoms with E-state index in [9.17, 15) is 0 Å². The summed E-state index contributed by atoms with van der Waals surface area (Å²) in [6.07, 6.45) is 6.96. The largest absolute Gasteiger partial charge is 0.498 e. The SMILES string of the molecule is C(CP(c1ccccc1)c1ccccc1)=C1CCCCO1. The summed E-state index contributed by atoms with van der Waals surface area (Å²) in [6.45, 7) is 0.889. The van der Waals surface area contributed by atoms with Crippen molar-refractivity contribution in [2.24, 2.45) is 0 Å². The predicted molar refractivity (Wildman–Crippen MR) is 91.8 cm³/mol. The number of benzene rings is 2. The summed E-state index contributed by atoms with van der Waals surface area (Å²) in [5.41, 5.74) is 0. The molecule has 1 saturated heterocycles. The molecule has 2 aromatic rings. The second-order valence-corrected chi connectivity index (χ2v) is 7.51. The van der Waals surface area contributed by atoms with Gasteiger partial charge in [-0.25, -0.2) is 0 Å². The molecule has 1 nitrogen and oxygen atoms in total. The number of rotatable bonds is 4. The van der Waals surface area contributed by atoms with E-state index in [-0.39, 0.29) is 7.92 Å². The highest BCUT2D eigenvalue weighted by molar-refractivity contribution is 7.73. The summed E-state index contributed by atoms with van der Waals surface area (Å²) in [5.74, 6) is 1.20. The Labute approximate surface area is 128 Å². The first-order chi connectivity index (χ1) is 10.4. The molecule has 0 saturated carbocycles. The summed E-state index contributed by atoms with van der Waals surface area (Å²) >= 11 is 0. The molecule has 0 unspecified atom stereocenters. The molecule has 1 fully saturated rings. The molecule has 0 N–H and O–H groups in total. The van der Waals surface area contributed by atoms with Gasteiger partial charge in [0.1, 0.15) is 0 Å². The summed E-state index contributed by atoms with van der Waals surface area (Å²) in [5, 5.41) is 2.87. The van der Waals surface area contributed by atoms with Crippen molar-refractivity contribution in [3.8, 4) is 0 Å². The van der Waals surface area contributed by atoms with Crippen LogP contribution in [0, 0.1) is 0 Å². The molecule has 2 heteroatoms. The van der Waals surface area contributed by atoms with Crippen LogP contribution in [-0.2, 0) is 4.74 Å². The van der Waals surface area contributed by atoms with E-state index < -0.39 is 0 Å². The quantitative estimate of drug-likeness (QED) is 0.768. The Balaban J connectivity index is 1.83. The third kappa shape index (κ3) is 3.95. The lowest BCUT2D eigenvalue weighted by atomic mass is 10.2. The highest BCUT2D eigenvalue weighted by Crippen LogP contribution is 2.34. The first kappa shape index (κ1) is 14.4. The van der Waals surface area contributed by atoms with Gasteiger partial charge in [-0.1, -0.05) is 60.7 Å². The van der Waals surface area contributed by atoms with Crippen LogP contribution in [0.1, 0.15) is 19.3 Å². The van der Waals surface area contributed by atoms with Gasteiger partial charge in [0, 0.05) is 6.42 Å². The molecule has 0 spiro atoms. The van der Waals surface area contributed by atoms with Gasteiger partial charge in [0.2, 0.25) is 0 Å². The van der Waals surface area contributed by atoms with Crippen molar-refractivity contribution in [2.75, 3.05) is 12.8 Å². The van der Waals surface area contributed by atoms with Crippen LogP contribution in [-0.4, -0.2) is 12.8 Å². The fraction of sp³-hybridized carbons (Fsp3) is 0.263. The highest BCUT2D eigenvalue weighted by Gasteiger charge is 2.13. The predicted octanol–water partition coefficient (Wildman–Crippen LogP) is 4.20.